The average Bonchev–Trinajstić information content (AvgIpc) is 2.70. The second-order valence-electron chi connectivity index (χ2n) is 6.34. The van der Waals surface area contributed by atoms with Gasteiger partial charge in [0.1, 0.15) is 0 Å². The van der Waals surface area contributed by atoms with E-state index in [1.165, 1.54) is 0 Å². The number of carbonyl (C=O) groups is 2. The van der Waals surface area contributed by atoms with Crippen molar-refractivity contribution in [2.24, 2.45) is 16.7 Å². The zero-order valence-corrected chi connectivity index (χ0v) is 10.1. The van der Waals surface area contributed by atoms with Crippen molar-refractivity contribution in [1.82, 2.24) is 0 Å². The third kappa shape index (κ3) is 0.802. The summed E-state index contributed by atoms with van der Waals surface area (Å²) >= 11 is 0. The Kier molecular flexibility index (Phi) is 1.62. The van der Waals surface area contributed by atoms with Crippen LogP contribution in [0.15, 0.2) is 0 Å². The van der Waals surface area contributed by atoms with Crippen LogP contribution in [-0.4, -0.2) is 17.4 Å². The predicted molar refractivity (Wildman–Crippen MR) is 57.7 cm³/mol. The van der Waals surface area contributed by atoms with Gasteiger partial charge in [-0.15, -0.1) is 0 Å². The van der Waals surface area contributed by atoms with Crippen LogP contribution in [0.25, 0.3) is 0 Å². The Morgan fingerprint density at radius 1 is 1.19 bits per heavy atom. The Hall–Kier alpha value is -0.860. The Morgan fingerprint density at radius 3 is 2.31 bits per heavy atom. The van der Waals surface area contributed by atoms with Crippen molar-refractivity contribution < 1.29 is 14.3 Å². The first-order chi connectivity index (χ1) is 7.34. The minimum atomic E-state index is -0.756. The highest BCUT2D eigenvalue weighted by atomic mass is 16.6. The number of Topliss-reactive ketones (excluding diaryl/α,β-unsaturated/α-hetero) is 1. The lowest BCUT2D eigenvalue weighted by Gasteiger charge is -2.32. The van der Waals surface area contributed by atoms with E-state index in [0.29, 0.717) is 12.8 Å². The second kappa shape index (κ2) is 2.52. The van der Waals surface area contributed by atoms with Gasteiger partial charge in [-0.2, -0.15) is 0 Å². The molecule has 3 atom stereocenters. The lowest BCUT2D eigenvalue weighted by Crippen LogP contribution is -2.46. The molecule has 0 N–H and O–H groups in total. The molecule has 2 bridgehead atoms. The Bertz CT molecular complexity index is 398. The summed E-state index contributed by atoms with van der Waals surface area (Å²) in [5, 5.41) is 0. The van der Waals surface area contributed by atoms with Crippen LogP contribution in [0, 0.1) is 16.7 Å². The van der Waals surface area contributed by atoms with Gasteiger partial charge >= 0.3 is 5.97 Å². The number of rotatable bonds is 0. The molecule has 0 aromatic heterocycles. The highest BCUT2D eigenvalue weighted by Gasteiger charge is 2.75. The molecule has 88 valence electrons. The molecule has 0 aromatic carbocycles. The highest BCUT2D eigenvalue weighted by molar-refractivity contribution is 6.00. The van der Waals surface area contributed by atoms with E-state index >= 15 is 0 Å². The average molecular weight is 222 g/mol. The molecule has 2 aliphatic carbocycles. The molecule has 3 aliphatic rings. The molecule has 1 heterocycles. The topological polar surface area (TPSA) is 43.4 Å². The summed E-state index contributed by atoms with van der Waals surface area (Å²) in [4.78, 5) is 24.0. The van der Waals surface area contributed by atoms with Crippen molar-refractivity contribution in [1.29, 1.82) is 0 Å². The first-order valence-corrected chi connectivity index (χ1v) is 6.11. The van der Waals surface area contributed by atoms with Gasteiger partial charge in [0.05, 0.1) is 0 Å². The highest BCUT2D eigenvalue weighted by Crippen LogP contribution is 2.69. The molecule has 0 aromatic rings. The fourth-order valence-electron chi connectivity index (χ4n) is 4.35. The molecule has 0 amide bonds. The van der Waals surface area contributed by atoms with E-state index in [-0.39, 0.29) is 28.5 Å². The number of carbonyl (C=O) groups excluding carboxylic acids is 2. The van der Waals surface area contributed by atoms with Crippen LogP contribution in [0.2, 0.25) is 0 Å². The summed E-state index contributed by atoms with van der Waals surface area (Å²) in [7, 11) is 0. The molecule has 0 unspecified atom stereocenters. The molecule has 1 spiro atoms. The van der Waals surface area contributed by atoms with Gasteiger partial charge in [0, 0.05) is 24.2 Å². The summed E-state index contributed by atoms with van der Waals surface area (Å²) < 4.78 is 5.47. The molecule has 0 radical (unpaired) electrons. The largest absolute Gasteiger partial charge is 0.451 e. The maximum Gasteiger partial charge on any atom is 0.306 e. The lowest BCUT2D eigenvalue weighted by atomic mass is 9.70. The molecular weight excluding hydrogens is 204 g/mol. The van der Waals surface area contributed by atoms with Gasteiger partial charge in [0.25, 0.3) is 0 Å². The zero-order valence-electron chi connectivity index (χ0n) is 10.1. The monoisotopic (exact) mass is 222 g/mol. The molecule has 3 rings (SSSR count). The molecule has 1 aliphatic heterocycles. The van der Waals surface area contributed by atoms with Crippen molar-refractivity contribution in [3.63, 3.8) is 0 Å². The van der Waals surface area contributed by atoms with Crippen LogP contribution in [0.1, 0.15) is 46.5 Å². The molecule has 3 fully saturated rings. The standard InChI is InChI=1S/C13H18O3/c1-11(2)8-4-6-12(11,3)10(15)13(8)7-5-9(14)16-13/h8H,4-7H2,1-3H3/t8-,12-,13+/m0/s1. The van der Waals surface area contributed by atoms with E-state index in [0.717, 1.165) is 12.8 Å². The van der Waals surface area contributed by atoms with Crippen molar-refractivity contribution in [3.05, 3.63) is 0 Å². The van der Waals surface area contributed by atoms with Gasteiger partial charge in [0.2, 0.25) is 0 Å². The Labute approximate surface area is 95.5 Å². The fourth-order valence-corrected chi connectivity index (χ4v) is 4.35. The van der Waals surface area contributed by atoms with Gasteiger partial charge in [-0.05, 0) is 18.3 Å². The van der Waals surface area contributed by atoms with E-state index < -0.39 is 5.60 Å². The quantitative estimate of drug-likeness (QED) is 0.589. The number of fused-ring (bicyclic) bond motifs is 3. The van der Waals surface area contributed by atoms with Crippen molar-refractivity contribution in [3.8, 4) is 0 Å². The number of hydrogen-bond donors (Lipinski definition) is 0. The first-order valence-electron chi connectivity index (χ1n) is 6.11. The summed E-state index contributed by atoms with van der Waals surface area (Å²) in [6.45, 7) is 6.36. The minimum Gasteiger partial charge on any atom is -0.451 e. The predicted octanol–water partition coefficient (Wildman–Crippen LogP) is 2.09. The van der Waals surface area contributed by atoms with Crippen LogP contribution in [-0.2, 0) is 14.3 Å². The Balaban J connectivity index is 2.13. The number of ether oxygens (including phenoxy) is 1. The van der Waals surface area contributed by atoms with E-state index in [1.807, 2.05) is 0 Å². The van der Waals surface area contributed by atoms with Crippen LogP contribution >= 0.6 is 0 Å². The minimum absolute atomic E-state index is 0.0330. The third-order valence-corrected chi connectivity index (χ3v) is 5.67. The van der Waals surface area contributed by atoms with Crippen molar-refractivity contribution >= 4 is 11.8 Å². The van der Waals surface area contributed by atoms with Gasteiger partial charge in [-0.3, -0.25) is 9.59 Å². The normalized spacial score (nSPS) is 49.1. The van der Waals surface area contributed by atoms with E-state index in [4.69, 9.17) is 4.74 Å². The van der Waals surface area contributed by atoms with Crippen LogP contribution < -0.4 is 0 Å². The maximum atomic E-state index is 12.6. The number of ketones is 1. The molecular formula is C13H18O3. The van der Waals surface area contributed by atoms with Crippen LogP contribution in [0.4, 0.5) is 0 Å². The summed E-state index contributed by atoms with van der Waals surface area (Å²) in [5.74, 6) is 0.219. The summed E-state index contributed by atoms with van der Waals surface area (Å²) in [5.41, 5.74) is -1.08. The van der Waals surface area contributed by atoms with E-state index in [2.05, 4.69) is 20.8 Å². The lowest BCUT2D eigenvalue weighted by molar-refractivity contribution is -0.163. The van der Waals surface area contributed by atoms with Crippen LogP contribution in [0.5, 0.6) is 0 Å². The van der Waals surface area contributed by atoms with E-state index in [1.54, 1.807) is 0 Å². The molecule has 3 heteroatoms. The van der Waals surface area contributed by atoms with Crippen LogP contribution in [0.3, 0.4) is 0 Å². The summed E-state index contributed by atoms with van der Waals surface area (Å²) in [6, 6.07) is 0. The van der Waals surface area contributed by atoms with Gasteiger partial charge in [-0.25, -0.2) is 0 Å². The van der Waals surface area contributed by atoms with Crippen molar-refractivity contribution in [2.75, 3.05) is 0 Å². The smallest absolute Gasteiger partial charge is 0.306 e. The second-order valence-corrected chi connectivity index (χ2v) is 6.34. The van der Waals surface area contributed by atoms with Crippen molar-refractivity contribution in [2.45, 2.75) is 52.1 Å². The molecule has 1 saturated heterocycles. The Morgan fingerprint density at radius 2 is 1.88 bits per heavy atom. The first kappa shape index (κ1) is 10.3. The molecule has 16 heavy (non-hydrogen) atoms. The summed E-state index contributed by atoms with van der Waals surface area (Å²) in [6.07, 6.45) is 2.98. The fraction of sp³-hybridized carbons (Fsp3) is 0.846. The maximum absolute atomic E-state index is 12.6. The molecule has 2 saturated carbocycles. The number of esters is 1. The third-order valence-electron chi connectivity index (χ3n) is 5.67. The van der Waals surface area contributed by atoms with Gasteiger partial charge < -0.3 is 4.74 Å². The van der Waals surface area contributed by atoms with E-state index in [9.17, 15) is 9.59 Å². The zero-order chi connectivity index (χ0) is 11.8. The van der Waals surface area contributed by atoms with Gasteiger partial charge in [-0.1, -0.05) is 20.8 Å². The number of hydrogen-bond acceptors (Lipinski definition) is 3. The van der Waals surface area contributed by atoms with Gasteiger partial charge in [0.15, 0.2) is 11.4 Å². The molecule has 3 nitrogen and oxygen atoms in total. The SMILES string of the molecule is CC1(C)[C@@H]2CC[C@@]1(C)C(=O)[C@@]21CCC(=O)O1.